The van der Waals surface area contributed by atoms with Crippen molar-refractivity contribution in [2.45, 2.75) is 13.3 Å². The van der Waals surface area contributed by atoms with Gasteiger partial charge >= 0.3 is 0 Å². The SMILES string of the molecule is CCc1cccc(C(=O)c2cc(Br)c(Br)s2)c1. The van der Waals surface area contributed by atoms with Crippen molar-refractivity contribution in [1.29, 1.82) is 0 Å². The molecule has 2 aromatic rings. The van der Waals surface area contributed by atoms with Crippen molar-refractivity contribution in [1.82, 2.24) is 0 Å². The number of carbonyl (C=O) groups excluding carboxylic acids is 1. The number of ketones is 1. The van der Waals surface area contributed by atoms with Crippen molar-refractivity contribution >= 4 is 49.0 Å². The Morgan fingerprint density at radius 2 is 2.06 bits per heavy atom. The van der Waals surface area contributed by atoms with Gasteiger partial charge in [-0.05, 0) is 56.0 Å². The van der Waals surface area contributed by atoms with Crippen LogP contribution in [-0.2, 0) is 6.42 Å². The normalized spacial score (nSPS) is 10.5. The number of hydrogen-bond donors (Lipinski definition) is 0. The molecule has 0 fully saturated rings. The Balaban J connectivity index is 2.36. The van der Waals surface area contributed by atoms with Crippen LogP contribution in [-0.4, -0.2) is 5.78 Å². The molecule has 0 radical (unpaired) electrons. The lowest BCUT2D eigenvalue weighted by atomic mass is 10.1. The zero-order valence-corrected chi connectivity index (χ0v) is 13.2. The molecule has 17 heavy (non-hydrogen) atoms. The number of rotatable bonds is 3. The maximum absolute atomic E-state index is 12.2. The standard InChI is InChI=1S/C13H10Br2OS/c1-2-8-4-3-5-9(6-8)12(16)11-7-10(14)13(15)17-11/h3-7H,2H2,1H3. The second-order valence-electron chi connectivity index (χ2n) is 3.62. The van der Waals surface area contributed by atoms with Crippen LogP contribution in [0, 0.1) is 0 Å². The molecule has 0 aliphatic heterocycles. The van der Waals surface area contributed by atoms with Crippen LogP contribution in [0.1, 0.15) is 27.7 Å². The smallest absolute Gasteiger partial charge is 0.203 e. The van der Waals surface area contributed by atoms with Gasteiger partial charge < -0.3 is 0 Å². The molecule has 0 aliphatic rings. The minimum absolute atomic E-state index is 0.0803. The van der Waals surface area contributed by atoms with Crippen LogP contribution in [0.3, 0.4) is 0 Å². The fraction of sp³-hybridized carbons (Fsp3) is 0.154. The lowest BCUT2D eigenvalue weighted by Gasteiger charge is -2.01. The highest BCUT2D eigenvalue weighted by Crippen LogP contribution is 2.33. The Morgan fingerprint density at radius 3 is 2.65 bits per heavy atom. The molecule has 0 saturated heterocycles. The van der Waals surface area contributed by atoms with E-state index in [1.807, 2.05) is 30.3 Å². The Labute approximate surface area is 121 Å². The van der Waals surface area contributed by atoms with Crippen LogP contribution < -0.4 is 0 Å². The molecule has 0 spiro atoms. The van der Waals surface area contributed by atoms with Crippen molar-refractivity contribution in [3.8, 4) is 0 Å². The minimum Gasteiger partial charge on any atom is -0.288 e. The topological polar surface area (TPSA) is 17.1 Å². The van der Waals surface area contributed by atoms with Gasteiger partial charge in [0, 0.05) is 10.0 Å². The van der Waals surface area contributed by atoms with Gasteiger partial charge in [-0.1, -0.05) is 25.1 Å². The number of thiophene rings is 1. The van der Waals surface area contributed by atoms with E-state index in [-0.39, 0.29) is 5.78 Å². The summed E-state index contributed by atoms with van der Waals surface area (Å²) in [5, 5.41) is 0. The minimum atomic E-state index is 0.0803. The highest BCUT2D eigenvalue weighted by Gasteiger charge is 2.14. The van der Waals surface area contributed by atoms with E-state index in [0.29, 0.717) is 0 Å². The van der Waals surface area contributed by atoms with Crippen molar-refractivity contribution in [2.75, 3.05) is 0 Å². The molecular weight excluding hydrogens is 364 g/mol. The van der Waals surface area contributed by atoms with Crippen molar-refractivity contribution in [2.24, 2.45) is 0 Å². The lowest BCUT2D eigenvalue weighted by molar-refractivity contribution is 0.104. The van der Waals surface area contributed by atoms with Gasteiger partial charge in [-0.3, -0.25) is 4.79 Å². The van der Waals surface area contributed by atoms with Gasteiger partial charge in [-0.25, -0.2) is 0 Å². The first kappa shape index (κ1) is 13.0. The Bertz CT molecular complexity index is 541. The molecule has 0 saturated carbocycles. The van der Waals surface area contributed by atoms with E-state index < -0.39 is 0 Å². The average Bonchev–Trinajstić information content (AvgIpc) is 2.69. The van der Waals surface area contributed by atoms with Crippen LogP contribution in [0.2, 0.25) is 0 Å². The molecule has 88 valence electrons. The molecule has 0 bridgehead atoms. The average molecular weight is 374 g/mol. The maximum atomic E-state index is 12.2. The molecule has 1 aromatic heterocycles. The third-order valence-electron chi connectivity index (χ3n) is 2.47. The summed E-state index contributed by atoms with van der Waals surface area (Å²) in [6, 6.07) is 9.66. The van der Waals surface area contributed by atoms with Gasteiger partial charge in [0.25, 0.3) is 0 Å². The van der Waals surface area contributed by atoms with E-state index in [9.17, 15) is 4.79 Å². The fourth-order valence-corrected chi connectivity index (χ4v) is 3.53. The predicted molar refractivity (Wildman–Crippen MR) is 79.0 cm³/mol. The van der Waals surface area contributed by atoms with Gasteiger partial charge in [-0.15, -0.1) is 11.3 Å². The molecule has 2 rings (SSSR count). The van der Waals surface area contributed by atoms with Crippen LogP contribution in [0.5, 0.6) is 0 Å². The second-order valence-corrected chi connectivity index (χ2v) is 6.84. The molecule has 1 heterocycles. The molecule has 0 N–H and O–H groups in total. The number of halogens is 2. The number of carbonyl (C=O) groups is 1. The summed E-state index contributed by atoms with van der Waals surface area (Å²) in [5.41, 5.74) is 1.94. The van der Waals surface area contributed by atoms with Gasteiger partial charge in [0.05, 0.1) is 8.66 Å². The summed E-state index contributed by atoms with van der Waals surface area (Å²) in [7, 11) is 0. The third-order valence-corrected chi connectivity index (χ3v) is 5.72. The molecule has 0 aliphatic carbocycles. The van der Waals surface area contributed by atoms with Crippen LogP contribution in [0.15, 0.2) is 38.6 Å². The number of hydrogen-bond acceptors (Lipinski definition) is 2. The molecule has 4 heteroatoms. The van der Waals surface area contributed by atoms with Crippen molar-refractivity contribution in [3.05, 3.63) is 54.6 Å². The Kier molecular flexibility index (Phi) is 4.17. The first-order valence-electron chi connectivity index (χ1n) is 5.20. The van der Waals surface area contributed by atoms with E-state index in [1.165, 1.54) is 16.9 Å². The lowest BCUT2D eigenvalue weighted by Crippen LogP contribution is -1.99. The van der Waals surface area contributed by atoms with Crippen LogP contribution >= 0.6 is 43.2 Å². The van der Waals surface area contributed by atoms with Gasteiger partial charge in [0.2, 0.25) is 5.78 Å². The summed E-state index contributed by atoms with van der Waals surface area (Å²) >= 11 is 8.25. The van der Waals surface area contributed by atoms with E-state index in [2.05, 4.69) is 38.8 Å². The van der Waals surface area contributed by atoms with E-state index >= 15 is 0 Å². The van der Waals surface area contributed by atoms with Crippen molar-refractivity contribution < 1.29 is 4.79 Å². The van der Waals surface area contributed by atoms with Crippen molar-refractivity contribution in [3.63, 3.8) is 0 Å². The fourth-order valence-electron chi connectivity index (χ4n) is 1.53. The van der Waals surface area contributed by atoms with Gasteiger partial charge in [0.1, 0.15) is 0 Å². The largest absolute Gasteiger partial charge is 0.288 e. The summed E-state index contributed by atoms with van der Waals surface area (Å²) in [6.45, 7) is 2.09. The first-order valence-corrected chi connectivity index (χ1v) is 7.60. The Morgan fingerprint density at radius 1 is 1.29 bits per heavy atom. The number of aryl methyl sites for hydroxylation is 1. The molecule has 0 unspecified atom stereocenters. The summed E-state index contributed by atoms with van der Waals surface area (Å²) in [5.74, 6) is 0.0803. The second kappa shape index (κ2) is 5.46. The van der Waals surface area contributed by atoms with Crippen LogP contribution in [0.25, 0.3) is 0 Å². The maximum Gasteiger partial charge on any atom is 0.203 e. The molecule has 0 atom stereocenters. The number of benzene rings is 1. The van der Waals surface area contributed by atoms with E-state index in [1.54, 1.807) is 0 Å². The Hall–Kier alpha value is -0.450. The predicted octanol–water partition coefficient (Wildman–Crippen LogP) is 5.07. The zero-order valence-electron chi connectivity index (χ0n) is 9.17. The van der Waals surface area contributed by atoms with Crippen LogP contribution in [0.4, 0.5) is 0 Å². The quantitative estimate of drug-likeness (QED) is 0.686. The van der Waals surface area contributed by atoms with Gasteiger partial charge in [-0.2, -0.15) is 0 Å². The molecule has 1 aromatic carbocycles. The van der Waals surface area contributed by atoms with E-state index in [0.717, 1.165) is 25.1 Å². The van der Waals surface area contributed by atoms with E-state index in [4.69, 9.17) is 0 Å². The summed E-state index contributed by atoms with van der Waals surface area (Å²) < 4.78 is 1.88. The third kappa shape index (κ3) is 2.87. The summed E-state index contributed by atoms with van der Waals surface area (Å²) in [6.07, 6.45) is 0.943. The summed E-state index contributed by atoms with van der Waals surface area (Å²) in [4.78, 5) is 13.0. The van der Waals surface area contributed by atoms with Gasteiger partial charge in [0.15, 0.2) is 0 Å². The monoisotopic (exact) mass is 372 g/mol. The zero-order chi connectivity index (χ0) is 12.4. The molecular formula is C13H10Br2OS. The molecule has 0 amide bonds. The molecule has 1 nitrogen and oxygen atoms in total. The first-order chi connectivity index (χ1) is 8.11. The highest BCUT2D eigenvalue weighted by atomic mass is 79.9. The highest BCUT2D eigenvalue weighted by molar-refractivity contribution is 9.13.